The maximum Gasteiger partial charge on any atom is 0.220 e. The predicted molar refractivity (Wildman–Crippen MR) is 40.6 cm³/mol. The highest BCUT2D eigenvalue weighted by molar-refractivity contribution is 5.78. The average molecular weight is 141 g/mol. The number of rotatable bonds is 2. The molecule has 0 saturated carbocycles. The van der Waals surface area contributed by atoms with Gasteiger partial charge in [-0.1, -0.05) is 13.8 Å². The zero-order valence-corrected chi connectivity index (χ0v) is 6.68. The van der Waals surface area contributed by atoms with Crippen LogP contribution >= 0.6 is 0 Å². The first-order valence-corrected chi connectivity index (χ1v) is 3.98. The highest BCUT2D eigenvalue weighted by Gasteiger charge is 2.20. The third-order valence-corrected chi connectivity index (χ3v) is 1.84. The fourth-order valence-corrected chi connectivity index (χ4v) is 1.42. The van der Waals surface area contributed by atoms with Crippen molar-refractivity contribution in [3.05, 3.63) is 0 Å². The summed E-state index contributed by atoms with van der Waals surface area (Å²) in [5.41, 5.74) is 0. The number of carbonyl (C=O) groups is 1. The summed E-state index contributed by atoms with van der Waals surface area (Å²) in [4.78, 5) is 10.7. The van der Waals surface area contributed by atoms with Crippen molar-refractivity contribution >= 4 is 5.91 Å². The predicted octanol–water partition coefficient (Wildman–Crippen LogP) is 1.31. The molecule has 58 valence electrons. The van der Waals surface area contributed by atoms with E-state index in [4.69, 9.17) is 0 Å². The molecule has 2 nitrogen and oxygen atoms in total. The largest absolute Gasteiger partial charge is 0.353 e. The summed E-state index contributed by atoms with van der Waals surface area (Å²) < 4.78 is 0. The molecule has 10 heavy (non-hydrogen) atoms. The van der Waals surface area contributed by atoms with Crippen LogP contribution in [0.1, 0.15) is 33.1 Å². The molecule has 0 aromatic carbocycles. The standard InChI is InChI=1S/C8H15NO/c1-6(2)5-7-3-4-8(10)9-7/h6-7H,3-5H2,1-2H3,(H,9,10)/t7-/m0/s1. The summed E-state index contributed by atoms with van der Waals surface area (Å²) in [5.74, 6) is 0.925. The molecule has 0 aromatic rings. The zero-order chi connectivity index (χ0) is 7.56. The van der Waals surface area contributed by atoms with Crippen molar-refractivity contribution in [2.24, 2.45) is 5.92 Å². The van der Waals surface area contributed by atoms with Crippen molar-refractivity contribution in [2.45, 2.75) is 39.2 Å². The Balaban J connectivity index is 2.24. The molecular weight excluding hydrogens is 126 g/mol. The van der Waals surface area contributed by atoms with Crippen molar-refractivity contribution in [3.63, 3.8) is 0 Å². The van der Waals surface area contributed by atoms with Gasteiger partial charge in [-0.05, 0) is 18.8 Å². The van der Waals surface area contributed by atoms with E-state index in [1.165, 1.54) is 0 Å². The van der Waals surface area contributed by atoms with E-state index in [0.717, 1.165) is 19.3 Å². The number of amides is 1. The molecule has 0 aliphatic carbocycles. The van der Waals surface area contributed by atoms with Crippen LogP contribution in [-0.2, 0) is 4.79 Å². The van der Waals surface area contributed by atoms with Gasteiger partial charge in [0, 0.05) is 12.5 Å². The Morgan fingerprint density at radius 2 is 2.40 bits per heavy atom. The second-order valence-corrected chi connectivity index (χ2v) is 3.43. The van der Waals surface area contributed by atoms with Crippen LogP contribution in [0.3, 0.4) is 0 Å². The van der Waals surface area contributed by atoms with Gasteiger partial charge < -0.3 is 5.32 Å². The van der Waals surface area contributed by atoms with Gasteiger partial charge in [-0.3, -0.25) is 4.79 Å². The van der Waals surface area contributed by atoms with E-state index in [9.17, 15) is 4.79 Å². The third-order valence-electron chi connectivity index (χ3n) is 1.84. The van der Waals surface area contributed by atoms with Crippen LogP contribution in [0.25, 0.3) is 0 Å². The van der Waals surface area contributed by atoms with Gasteiger partial charge in [0.1, 0.15) is 0 Å². The Morgan fingerprint density at radius 1 is 1.70 bits per heavy atom. The second kappa shape index (κ2) is 3.04. The van der Waals surface area contributed by atoms with Crippen LogP contribution in [0.5, 0.6) is 0 Å². The molecule has 1 amide bonds. The molecule has 1 N–H and O–H groups in total. The Bertz CT molecular complexity index is 131. The normalized spacial score (nSPS) is 25.5. The van der Waals surface area contributed by atoms with Crippen LogP contribution in [-0.4, -0.2) is 11.9 Å². The zero-order valence-electron chi connectivity index (χ0n) is 6.68. The number of nitrogens with one attached hydrogen (secondary N) is 1. The third kappa shape index (κ3) is 2.01. The Morgan fingerprint density at radius 3 is 2.80 bits per heavy atom. The lowest BCUT2D eigenvalue weighted by Gasteiger charge is -2.11. The maximum absolute atomic E-state index is 10.7. The Hall–Kier alpha value is -0.530. The quantitative estimate of drug-likeness (QED) is 0.617. The Labute approximate surface area is 62.0 Å². The molecule has 1 aliphatic heterocycles. The monoisotopic (exact) mass is 141 g/mol. The molecule has 0 spiro atoms. The fourth-order valence-electron chi connectivity index (χ4n) is 1.42. The number of hydrogen-bond donors (Lipinski definition) is 1. The molecule has 1 heterocycles. The summed E-state index contributed by atoms with van der Waals surface area (Å²) in [6.07, 6.45) is 2.90. The average Bonchev–Trinajstić information content (AvgIpc) is 2.13. The maximum atomic E-state index is 10.7. The van der Waals surface area contributed by atoms with Gasteiger partial charge in [0.15, 0.2) is 0 Å². The first-order valence-electron chi connectivity index (χ1n) is 3.98. The highest BCUT2D eigenvalue weighted by Crippen LogP contribution is 2.14. The van der Waals surface area contributed by atoms with Crippen molar-refractivity contribution in [1.29, 1.82) is 0 Å². The minimum absolute atomic E-state index is 0.227. The minimum atomic E-state index is 0.227. The van der Waals surface area contributed by atoms with E-state index in [2.05, 4.69) is 19.2 Å². The SMILES string of the molecule is CC(C)C[C@@H]1CCC(=O)N1. The van der Waals surface area contributed by atoms with Gasteiger partial charge >= 0.3 is 0 Å². The number of hydrogen-bond acceptors (Lipinski definition) is 1. The van der Waals surface area contributed by atoms with Crippen LogP contribution in [0.4, 0.5) is 0 Å². The lowest BCUT2D eigenvalue weighted by molar-refractivity contribution is -0.119. The molecule has 1 rings (SSSR count). The summed E-state index contributed by atoms with van der Waals surface area (Å²) >= 11 is 0. The molecule has 0 radical (unpaired) electrons. The summed E-state index contributed by atoms with van der Waals surface area (Å²) in [5, 5.41) is 2.95. The molecule has 0 unspecified atom stereocenters. The lowest BCUT2D eigenvalue weighted by atomic mass is 10.0. The van der Waals surface area contributed by atoms with Crippen LogP contribution in [0.2, 0.25) is 0 Å². The van der Waals surface area contributed by atoms with Gasteiger partial charge in [0.25, 0.3) is 0 Å². The van der Waals surface area contributed by atoms with E-state index >= 15 is 0 Å². The van der Waals surface area contributed by atoms with Crippen molar-refractivity contribution < 1.29 is 4.79 Å². The van der Waals surface area contributed by atoms with Gasteiger partial charge in [-0.15, -0.1) is 0 Å². The molecule has 1 aliphatic rings. The Kier molecular flexibility index (Phi) is 2.30. The van der Waals surface area contributed by atoms with Gasteiger partial charge in [-0.2, -0.15) is 0 Å². The van der Waals surface area contributed by atoms with Gasteiger partial charge in [0.05, 0.1) is 0 Å². The van der Waals surface area contributed by atoms with Crippen LogP contribution in [0.15, 0.2) is 0 Å². The number of carbonyl (C=O) groups excluding carboxylic acids is 1. The van der Waals surface area contributed by atoms with Crippen LogP contribution in [0, 0.1) is 5.92 Å². The van der Waals surface area contributed by atoms with E-state index < -0.39 is 0 Å². The molecule has 2 heteroatoms. The van der Waals surface area contributed by atoms with E-state index in [0.29, 0.717) is 12.0 Å². The van der Waals surface area contributed by atoms with Crippen molar-refractivity contribution in [1.82, 2.24) is 5.32 Å². The van der Waals surface area contributed by atoms with Crippen LogP contribution < -0.4 is 5.32 Å². The molecular formula is C8H15NO. The van der Waals surface area contributed by atoms with E-state index in [1.54, 1.807) is 0 Å². The first-order chi connectivity index (χ1) is 4.68. The van der Waals surface area contributed by atoms with Gasteiger partial charge in [-0.25, -0.2) is 0 Å². The highest BCUT2D eigenvalue weighted by atomic mass is 16.1. The summed E-state index contributed by atoms with van der Waals surface area (Å²) in [6.45, 7) is 4.37. The van der Waals surface area contributed by atoms with E-state index in [-0.39, 0.29) is 5.91 Å². The molecule has 1 saturated heterocycles. The minimum Gasteiger partial charge on any atom is -0.353 e. The lowest BCUT2D eigenvalue weighted by Crippen LogP contribution is -2.26. The molecule has 0 bridgehead atoms. The van der Waals surface area contributed by atoms with Gasteiger partial charge in [0.2, 0.25) is 5.91 Å². The smallest absolute Gasteiger partial charge is 0.220 e. The van der Waals surface area contributed by atoms with Crippen molar-refractivity contribution in [2.75, 3.05) is 0 Å². The topological polar surface area (TPSA) is 29.1 Å². The van der Waals surface area contributed by atoms with E-state index in [1.807, 2.05) is 0 Å². The second-order valence-electron chi connectivity index (χ2n) is 3.43. The summed E-state index contributed by atoms with van der Waals surface area (Å²) in [7, 11) is 0. The summed E-state index contributed by atoms with van der Waals surface area (Å²) in [6, 6.07) is 0.465. The molecule has 1 atom stereocenters. The fraction of sp³-hybridized carbons (Fsp3) is 0.875. The molecule has 0 aromatic heterocycles. The molecule has 1 fully saturated rings. The van der Waals surface area contributed by atoms with Crippen molar-refractivity contribution in [3.8, 4) is 0 Å². The first kappa shape index (κ1) is 7.58.